The number of hydrogen-bond donors (Lipinski definition) is 2. The van der Waals surface area contributed by atoms with Crippen molar-refractivity contribution in [1.82, 2.24) is 0 Å². The molecular weight excluding hydrogens is 264 g/mol. The molecule has 102 valence electrons. The third kappa shape index (κ3) is 3.27. The van der Waals surface area contributed by atoms with Crippen LogP contribution >= 0.6 is 11.8 Å². The number of benzene rings is 1. The van der Waals surface area contributed by atoms with Crippen LogP contribution in [0.3, 0.4) is 0 Å². The van der Waals surface area contributed by atoms with Crippen LogP contribution in [0.15, 0.2) is 18.2 Å². The average Bonchev–Trinajstić information content (AvgIpc) is 2.68. The molecule has 1 aromatic rings. The second-order valence-corrected chi connectivity index (χ2v) is 6.01. The smallest absolute Gasteiger partial charge is 0.228 e. The number of carbonyl (C=O) groups excluding carboxylic acids is 2. The maximum atomic E-state index is 12.0. The summed E-state index contributed by atoms with van der Waals surface area (Å²) in [6, 6.07) is 5.12. The molecule has 0 bridgehead atoms. The van der Waals surface area contributed by atoms with Gasteiger partial charge in [-0.05, 0) is 23.8 Å². The van der Waals surface area contributed by atoms with Crippen molar-refractivity contribution >= 4 is 34.2 Å². The van der Waals surface area contributed by atoms with Crippen LogP contribution in [0.5, 0.6) is 0 Å². The van der Waals surface area contributed by atoms with Crippen LogP contribution in [0, 0.1) is 0 Å². The zero-order chi connectivity index (χ0) is 14.0. The van der Waals surface area contributed by atoms with Crippen LogP contribution in [0.1, 0.15) is 18.9 Å². The van der Waals surface area contributed by atoms with Crippen LogP contribution < -0.4 is 10.6 Å². The molecule has 1 fully saturated rings. The number of carbonyl (C=O) groups is 2. The lowest BCUT2D eigenvalue weighted by Crippen LogP contribution is -2.25. The Balaban J connectivity index is 2.20. The molecule has 1 aromatic carbocycles. The normalized spacial score (nSPS) is 18.9. The molecule has 1 aliphatic heterocycles. The number of nitrogens with zero attached hydrogens (tertiary/aromatic N) is 1. The van der Waals surface area contributed by atoms with E-state index >= 15 is 0 Å². The van der Waals surface area contributed by atoms with Crippen LogP contribution in [0.2, 0.25) is 0 Å². The summed E-state index contributed by atoms with van der Waals surface area (Å²) in [6.45, 7) is 1.88. The van der Waals surface area contributed by atoms with Gasteiger partial charge in [0, 0.05) is 36.5 Å². The average molecular weight is 280 g/mol. The maximum absolute atomic E-state index is 12.0. The van der Waals surface area contributed by atoms with Crippen molar-refractivity contribution in [2.75, 3.05) is 17.2 Å². The third-order valence-corrected chi connectivity index (χ3v) is 3.90. The zero-order valence-electron chi connectivity index (χ0n) is 10.6. The van der Waals surface area contributed by atoms with Crippen LogP contribution in [-0.4, -0.2) is 27.9 Å². The monoisotopic (exact) mass is 280 g/mol. The second-order valence-electron chi connectivity index (χ2n) is 4.53. The lowest BCUT2D eigenvalue weighted by atomic mass is 10.1. The Morgan fingerprint density at radius 3 is 2.89 bits per heavy atom. The number of aliphatic hydroxyl groups excluding tert-OH is 1. The van der Waals surface area contributed by atoms with E-state index in [2.05, 4.69) is 0 Å². The van der Waals surface area contributed by atoms with Gasteiger partial charge >= 0.3 is 0 Å². The lowest BCUT2D eigenvalue weighted by molar-refractivity contribution is -0.117. The van der Waals surface area contributed by atoms with Gasteiger partial charge in [-0.3, -0.25) is 9.59 Å². The number of nitrogen functional groups attached to an aromatic ring is 1. The first-order chi connectivity index (χ1) is 8.99. The molecule has 6 heteroatoms. The third-order valence-electron chi connectivity index (χ3n) is 2.92. The van der Waals surface area contributed by atoms with Gasteiger partial charge in [-0.25, -0.2) is 0 Å². The van der Waals surface area contributed by atoms with Crippen LogP contribution in [0.25, 0.3) is 0 Å². The van der Waals surface area contributed by atoms with E-state index < -0.39 is 0 Å². The van der Waals surface area contributed by atoms with Crippen molar-refractivity contribution in [3.8, 4) is 0 Å². The molecule has 19 heavy (non-hydrogen) atoms. The number of rotatable bonds is 3. The first-order valence-electron chi connectivity index (χ1n) is 5.97. The number of anilines is 2. The Morgan fingerprint density at radius 2 is 2.26 bits per heavy atom. The van der Waals surface area contributed by atoms with Crippen LogP contribution in [-0.2, 0) is 16.2 Å². The Hall–Kier alpha value is -1.53. The van der Waals surface area contributed by atoms with Gasteiger partial charge in [-0.2, -0.15) is 0 Å². The molecule has 1 aliphatic rings. The predicted molar refractivity (Wildman–Crippen MR) is 75.8 cm³/mol. The van der Waals surface area contributed by atoms with Gasteiger partial charge in [0.25, 0.3) is 0 Å². The largest absolute Gasteiger partial charge is 0.399 e. The van der Waals surface area contributed by atoms with E-state index in [1.807, 2.05) is 0 Å². The van der Waals surface area contributed by atoms with E-state index in [0.29, 0.717) is 29.9 Å². The standard InChI is InChI=1S/C13H16N2O3S/c1-8(17)19-12-5-13(18)15(6-12)11-3-9(7-16)2-10(14)4-11/h2-4,12,16H,5-7,14H2,1H3. The van der Waals surface area contributed by atoms with Gasteiger partial charge in [-0.1, -0.05) is 11.8 Å². The minimum absolute atomic E-state index is 0.0102. The zero-order valence-corrected chi connectivity index (χ0v) is 11.4. The lowest BCUT2D eigenvalue weighted by Gasteiger charge is -2.18. The van der Waals surface area contributed by atoms with Crippen molar-refractivity contribution in [2.24, 2.45) is 0 Å². The maximum Gasteiger partial charge on any atom is 0.228 e. The Morgan fingerprint density at radius 1 is 1.53 bits per heavy atom. The SMILES string of the molecule is CC(=O)SC1CC(=O)N(c2cc(N)cc(CO)c2)C1. The van der Waals surface area contributed by atoms with Gasteiger partial charge in [0.2, 0.25) is 5.91 Å². The first-order valence-corrected chi connectivity index (χ1v) is 6.85. The summed E-state index contributed by atoms with van der Waals surface area (Å²) in [5.74, 6) is -0.0201. The molecule has 3 N–H and O–H groups in total. The minimum atomic E-state index is -0.119. The van der Waals surface area contributed by atoms with E-state index in [4.69, 9.17) is 10.8 Å². The Bertz CT molecular complexity index is 519. The molecule has 0 radical (unpaired) electrons. The van der Waals surface area contributed by atoms with E-state index in [1.165, 1.54) is 18.7 Å². The van der Waals surface area contributed by atoms with Gasteiger partial charge in [0.1, 0.15) is 0 Å². The topological polar surface area (TPSA) is 83.6 Å². The summed E-state index contributed by atoms with van der Waals surface area (Å²) < 4.78 is 0. The molecule has 1 saturated heterocycles. The molecule has 1 unspecified atom stereocenters. The first kappa shape index (κ1) is 13.9. The van der Waals surface area contributed by atoms with Crippen molar-refractivity contribution in [1.29, 1.82) is 0 Å². The Labute approximate surface area is 115 Å². The number of amides is 1. The quantitative estimate of drug-likeness (QED) is 0.811. The fourth-order valence-electron chi connectivity index (χ4n) is 2.18. The summed E-state index contributed by atoms with van der Waals surface area (Å²) in [5, 5.41) is 9.17. The van der Waals surface area contributed by atoms with Crippen molar-refractivity contribution < 1.29 is 14.7 Å². The van der Waals surface area contributed by atoms with Gasteiger partial charge in [0.05, 0.1) is 6.61 Å². The molecule has 5 nitrogen and oxygen atoms in total. The molecule has 1 atom stereocenters. The molecule has 0 saturated carbocycles. The predicted octanol–water partition coefficient (Wildman–Crippen LogP) is 1.15. The summed E-state index contributed by atoms with van der Waals surface area (Å²) in [4.78, 5) is 24.7. The minimum Gasteiger partial charge on any atom is -0.399 e. The van der Waals surface area contributed by atoms with E-state index in [1.54, 1.807) is 23.1 Å². The van der Waals surface area contributed by atoms with Crippen molar-refractivity contribution in [3.05, 3.63) is 23.8 Å². The van der Waals surface area contributed by atoms with E-state index in [-0.39, 0.29) is 22.9 Å². The Kier molecular flexibility index (Phi) is 4.11. The highest BCUT2D eigenvalue weighted by atomic mass is 32.2. The van der Waals surface area contributed by atoms with Gasteiger partial charge < -0.3 is 15.7 Å². The fourth-order valence-corrected chi connectivity index (χ4v) is 3.10. The molecule has 0 spiro atoms. The molecule has 0 aromatic heterocycles. The van der Waals surface area contributed by atoms with Crippen LogP contribution in [0.4, 0.5) is 11.4 Å². The number of nitrogens with two attached hydrogens (primary N) is 1. The summed E-state index contributed by atoms with van der Waals surface area (Å²) >= 11 is 1.20. The van der Waals surface area contributed by atoms with Gasteiger partial charge in [-0.15, -0.1) is 0 Å². The fraction of sp³-hybridized carbons (Fsp3) is 0.385. The number of hydrogen-bond acceptors (Lipinski definition) is 5. The van der Waals surface area contributed by atoms with E-state index in [0.717, 1.165) is 0 Å². The number of aliphatic hydroxyl groups is 1. The highest BCUT2D eigenvalue weighted by Crippen LogP contribution is 2.30. The molecule has 2 rings (SSSR count). The highest BCUT2D eigenvalue weighted by molar-refractivity contribution is 8.14. The highest BCUT2D eigenvalue weighted by Gasteiger charge is 2.32. The second kappa shape index (κ2) is 5.63. The summed E-state index contributed by atoms with van der Waals surface area (Å²) in [7, 11) is 0. The van der Waals surface area contributed by atoms with Crippen molar-refractivity contribution in [3.63, 3.8) is 0 Å². The molecule has 1 amide bonds. The molecule has 1 heterocycles. The van der Waals surface area contributed by atoms with E-state index in [9.17, 15) is 9.59 Å². The van der Waals surface area contributed by atoms with Crippen molar-refractivity contribution in [2.45, 2.75) is 25.2 Å². The molecule has 0 aliphatic carbocycles. The number of thioether (sulfide) groups is 1. The summed E-state index contributed by atoms with van der Waals surface area (Å²) in [5.41, 5.74) is 7.62. The van der Waals surface area contributed by atoms with Gasteiger partial charge in [0.15, 0.2) is 5.12 Å². The summed E-state index contributed by atoms with van der Waals surface area (Å²) in [6.07, 6.45) is 0.355. The molecular formula is C13H16N2O3S.